The van der Waals surface area contributed by atoms with E-state index in [-0.39, 0.29) is 11.1 Å². The molecule has 1 unspecified atom stereocenters. The first kappa shape index (κ1) is 11.4. The molecule has 1 atom stereocenters. The molecule has 1 heterocycles. The van der Waals surface area contributed by atoms with Gasteiger partial charge in [0, 0.05) is 24.2 Å². The Morgan fingerprint density at radius 3 is 2.53 bits per heavy atom. The zero-order valence-corrected chi connectivity index (χ0v) is 9.85. The molecule has 1 aliphatic carbocycles. The normalized spacial score (nSPS) is 35.6. The van der Waals surface area contributed by atoms with Gasteiger partial charge in [0.15, 0.2) is 0 Å². The van der Waals surface area contributed by atoms with Crippen molar-refractivity contribution in [1.82, 2.24) is 5.32 Å². The zero-order valence-electron chi connectivity index (χ0n) is 9.85. The molecule has 2 fully saturated rings. The van der Waals surface area contributed by atoms with Crippen LogP contribution in [-0.2, 0) is 4.74 Å². The summed E-state index contributed by atoms with van der Waals surface area (Å²) in [5.41, 5.74) is 6.61. The lowest BCUT2D eigenvalue weighted by atomic mass is 9.82. The highest BCUT2D eigenvalue weighted by Crippen LogP contribution is 2.26. The third-order valence-electron chi connectivity index (χ3n) is 3.94. The summed E-state index contributed by atoms with van der Waals surface area (Å²) in [5, 5.41) is 3.62. The molecule has 0 spiro atoms. The predicted octanol–water partition coefficient (Wildman–Crippen LogP) is 1.42. The monoisotopic (exact) mass is 212 g/mol. The van der Waals surface area contributed by atoms with E-state index in [9.17, 15) is 0 Å². The molecule has 2 rings (SSSR count). The standard InChI is InChI=1S/C12H24N2O/c1-11(7-8-15-10-11)14-9-12(13)5-3-2-4-6-12/h14H,2-10,13H2,1H3. The summed E-state index contributed by atoms with van der Waals surface area (Å²) in [5.74, 6) is 0. The average Bonchev–Trinajstić information content (AvgIpc) is 2.65. The van der Waals surface area contributed by atoms with Crippen molar-refractivity contribution in [3.05, 3.63) is 0 Å². The van der Waals surface area contributed by atoms with Crippen LogP contribution < -0.4 is 11.1 Å². The Labute approximate surface area is 92.7 Å². The number of ether oxygens (including phenoxy) is 1. The van der Waals surface area contributed by atoms with Gasteiger partial charge in [-0.25, -0.2) is 0 Å². The third kappa shape index (κ3) is 2.92. The van der Waals surface area contributed by atoms with E-state index in [1.807, 2.05) is 0 Å². The van der Waals surface area contributed by atoms with E-state index in [0.29, 0.717) is 0 Å². The van der Waals surface area contributed by atoms with Crippen LogP contribution in [0.4, 0.5) is 0 Å². The smallest absolute Gasteiger partial charge is 0.0646 e. The van der Waals surface area contributed by atoms with Crippen molar-refractivity contribution in [3.63, 3.8) is 0 Å². The van der Waals surface area contributed by atoms with Gasteiger partial charge < -0.3 is 15.8 Å². The topological polar surface area (TPSA) is 47.3 Å². The average molecular weight is 212 g/mol. The fourth-order valence-corrected chi connectivity index (χ4v) is 2.63. The molecule has 0 aromatic rings. The summed E-state index contributed by atoms with van der Waals surface area (Å²) in [7, 11) is 0. The maximum atomic E-state index is 6.39. The molecule has 0 radical (unpaired) electrons. The van der Waals surface area contributed by atoms with Crippen LogP contribution in [0.3, 0.4) is 0 Å². The Hall–Kier alpha value is -0.120. The summed E-state index contributed by atoms with van der Waals surface area (Å²) < 4.78 is 5.43. The van der Waals surface area contributed by atoms with Crippen LogP contribution >= 0.6 is 0 Å². The summed E-state index contributed by atoms with van der Waals surface area (Å²) in [6.07, 6.45) is 7.42. The molecule has 3 N–H and O–H groups in total. The van der Waals surface area contributed by atoms with Gasteiger partial charge >= 0.3 is 0 Å². The van der Waals surface area contributed by atoms with E-state index in [0.717, 1.165) is 26.2 Å². The molecule has 0 aromatic carbocycles. The molecule has 0 bridgehead atoms. The molecule has 2 aliphatic rings. The minimum Gasteiger partial charge on any atom is -0.379 e. The van der Waals surface area contributed by atoms with Gasteiger partial charge in [-0.2, -0.15) is 0 Å². The molecular formula is C12H24N2O. The van der Waals surface area contributed by atoms with Crippen LogP contribution in [0.5, 0.6) is 0 Å². The van der Waals surface area contributed by atoms with Crippen LogP contribution in [0.15, 0.2) is 0 Å². The molecule has 88 valence electrons. The number of nitrogens with two attached hydrogens (primary N) is 1. The fraction of sp³-hybridized carbons (Fsp3) is 1.00. The summed E-state index contributed by atoms with van der Waals surface area (Å²) in [4.78, 5) is 0. The van der Waals surface area contributed by atoms with Crippen molar-refractivity contribution in [2.75, 3.05) is 19.8 Å². The minimum absolute atomic E-state index is 0.0455. The first-order valence-corrected chi connectivity index (χ1v) is 6.24. The molecule has 1 saturated heterocycles. The summed E-state index contributed by atoms with van der Waals surface area (Å²) in [6.45, 7) is 4.92. The van der Waals surface area contributed by atoms with Gasteiger partial charge in [-0.3, -0.25) is 0 Å². The van der Waals surface area contributed by atoms with Crippen molar-refractivity contribution in [2.45, 2.75) is 56.5 Å². The van der Waals surface area contributed by atoms with E-state index in [1.54, 1.807) is 0 Å². The highest BCUT2D eigenvalue weighted by Gasteiger charge is 2.33. The van der Waals surface area contributed by atoms with Gasteiger partial charge in [0.25, 0.3) is 0 Å². The highest BCUT2D eigenvalue weighted by atomic mass is 16.5. The van der Waals surface area contributed by atoms with Crippen LogP contribution in [-0.4, -0.2) is 30.8 Å². The second kappa shape index (κ2) is 4.40. The Morgan fingerprint density at radius 2 is 1.93 bits per heavy atom. The second-order valence-electron chi connectivity index (χ2n) is 5.64. The largest absolute Gasteiger partial charge is 0.379 e. The maximum Gasteiger partial charge on any atom is 0.0646 e. The fourth-order valence-electron chi connectivity index (χ4n) is 2.63. The Bertz CT molecular complexity index is 206. The van der Waals surface area contributed by atoms with E-state index >= 15 is 0 Å². The Kier molecular flexibility index (Phi) is 3.33. The molecule has 1 aliphatic heterocycles. The highest BCUT2D eigenvalue weighted by molar-refractivity contribution is 4.94. The second-order valence-corrected chi connectivity index (χ2v) is 5.64. The summed E-state index contributed by atoms with van der Waals surface area (Å²) >= 11 is 0. The Morgan fingerprint density at radius 1 is 1.20 bits per heavy atom. The van der Waals surface area contributed by atoms with E-state index in [4.69, 9.17) is 10.5 Å². The molecule has 3 nitrogen and oxygen atoms in total. The lowest BCUT2D eigenvalue weighted by Gasteiger charge is -2.37. The molecule has 0 aromatic heterocycles. The van der Waals surface area contributed by atoms with Crippen molar-refractivity contribution in [2.24, 2.45) is 5.73 Å². The Balaban J connectivity index is 1.80. The van der Waals surface area contributed by atoms with Crippen LogP contribution in [0.1, 0.15) is 45.4 Å². The van der Waals surface area contributed by atoms with Gasteiger partial charge in [-0.15, -0.1) is 0 Å². The van der Waals surface area contributed by atoms with E-state index in [1.165, 1.54) is 32.1 Å². The van der Waals surface area contributed by atoms with Gasteiger partial charge in [-0.1, -0.05) is 19.3 Å². The van der Waals surface area contributed by atoms with Gasteiger partial charge in [-0.05, 0) is 26.2 Å². The van der Waals surface area contributed by atoms with Crippen LogP contribution in [0.25, 0.3) is 0 Å². The van der Waals surface area contributed by atoms with Crippen LogP contribution in [0.2, 0.25) is 0 Å². The number of nitrogens with one attached hydrogen (secondary N) is 1. The van der Waals surface area contributed by atoms with E-state index in [2.05, 4.69) is 12.2 Å². The zero-order chi connectivity index (χ0) is 10.8. The van der Waals surface area contributed by atoms with Crippen molar-refractivity contribution in [1.29, 1.82) is 0 Å². The molecule has 3 heteroatoms. The number of hydrogen-bond acceptors (Lipinski definition) is 3. The van der Waals surface area contributed by atoms with Gasteiger partial charge in [0.05, 0.1) is 6.61 Å². The van der Waals surface area contributed by atoms with Crippen molar-refractivity contribution in [3.8, 4) is 0 Å². The SMILES string of the molecule is CC1(NCC2(N)CCCCC2)CCOC1. The molecular weight excluding hydrogens is 188 g/mol. The maximum absolute atomic E-state index is 6.39. The molecule has 1 saturated carbocycles. The van der Waals surface area contributed by atoms with E-state index < -0.39 is 0 Å². The third-order valence-corrected chi connectivity index (χ3v) is 3.94. The molecule has 15 heavy (non-hydrogen) atoms. The minimum atomic E-state index is 0.0455. The lowest BCUT2D eigenvalue weighted by Crippen LogP contribution is -2.56. The van der Waals surface area contributed by atoms with Crippen molar-refractivity contribution >= 4 is 0 Å². The first-order chi connectivity index (χ1) is 7.12. The first-order valence-electron chi connectivity index (χ1n) is 6.24. The number of hydrogen-bond donors (Lipinski definition) is 2. The van der Waals surface area contributed by atoms with Crippen molar-refractivity contribution < 1.29 is 4.74 Å². The number of rotatable bonds is 3. The summed E-state index contributed by atoms with van der Waals surface area (Å²) in [6, 6.07) is 0. The van der Waals surface area contributed by atoms with Gasteiger partial charge in [0.1, 0.15) is 0 Å². The molecule has 0 amide bonds. The quantitative estimate of drug-likeness (QED) is 0.743. The predicted molar refractivity (Wildman–Crippen MR) is 61.8 cm³/mol. The van der Waals surface area contributed by atoms with Crippen LogP contribution in [0, 0.1) is 0 Å². The van der Waals surface area contributed by atoms with Gasteiger partial charge in [0.2, 0.25) is 0 Å². The lowest BCUT2D eigenvalue weighted by molar-refractivity contribution is 0.164.